The average Bonchev–Trinajstić information content (AvgIpc) is 2.68. The van der Waals surface area contributed by atoms with Gasteiger partial charge in [-0.25, -0.2) is 0 Å². The number of amides is 3. The van der Waals surface area contributed by atoms with Gasteiger partial charge in [0.15, 0.2) is 0 Å². The zero-order valence-corrected chi connectivity index (χ0v) is 16.7. The van der Waals surface area contributed by atoms with Crippen molar-refractivity contribution in [2.45, 2.75) is 67.2 Å². The highest BCUT2D eigenvalue weighted by Crippen LogP contribution is 2.42. The van der Waals surface area contributed by atoms with Gasteiger partial charge >= 0.3 is 0 Å². The lowest BCUT2D eigenvalue weighted by molar-refractivity contribution is -0.144. The van der Waals surface area contributed by atoms with E-state index in [1.807, 2.05) is 25.7 Å². The molecule has 1 atom stereocenters. The Labute approximate surface area is 152 Å². The second-order valence-electron chi connectivity index (χ2n) is 9.16. The Morgan fingerprint density at radius 2 is 1.84 bits per heavy atom. The second-order valence-corrected chi connectivity index (χ2v) is 9.16. The molecule has 2 heterocycles. The van der Waals surface area contributed by atoms with Gasteiger partial charge in [0.25, 0.3) is 0 Å². The summed E-state index contributed by atoms with van der Waals surface area (Å²) in [5.41, 5.74) is -0.302. The zero-order chi connectivity index (χ0) is 19.0. The summed E-state index contributed by atoms with van der Waals surface area (Å²) >= 11 is 0. The van der Waals surface area contributed by atoms with E-state index in [2.05, 4.69) is 20.8 Å². The van der Waals surface area contributed by atoms with Crippen molar-refractivity contribution in [1.29, 1.82) is 0 Å². The smallest absolute Gasteiger partial charge is 0.236 e. The van der Waals surface area contributed by atoms with Crippen LogP contribution in [0.15, 0.2) is 0 Å². The van der Waals surface area contributed by atoms with Crippen molar-refractivity contribution < 1.29 is 14.4 Å². The fourth-order valence-electron chi connectivity index (χ4n) is 3.96. The number of imide groups is 1. The number of carbonyl (C=O) groups is 3. The first-order valence-electron chi connectivity index (χ1n) is 9.65. The standard InChI is InChI=1S/C20H34N2O3/c1-7-20(14(2)3)11-17(24)22(18(20)25)10-8-9-16(23)21-12-15(13-21)19(4,5)6/h14-15H,7-13H2,1-6H3. The van der Waals surface area contributed by atoms with Gasteiger partial charge in [0.1, 0.15) is 0 Å². The molecule has 25 heavy (non-hydrogen) atoms. The Kier molecular flexibility index (Phi) is 5.65. The maximum absolute atomic E-state index is 12.8. The van der Waals surface area contributed by atoms with Crippen LogP contribution in [0.2, 0.25) is 0 Å². The number of hydrogen-bond acceptors (Lipinski definition) is 3. The monoisotopic (exact) mass is 350 g/mol. The first kappa shape index (κ1) is 19.9. The van der Waals surface area contributed by atoms with Crippen LogP contribution in [0, 0.1) is 22.7 Å². The number of carbonyl (C=O) groups excluding carboxylic acids is 3. The Balaban J connectivity index is 1.82. The SMILES string of the molecule is CCC1(C(C)C)CC(=O)N(CCCC(=O)N2CC(C(C)(C)C)C2)C1=O. The van der Waals surface area contributed by atoms with Crippen molar-refractivity contribution >= 4 is 17.7 Å². The Hall–Kier alpha value is -1.39. The highest BCUT2D eigenvalue weighted by Gasteiger charge is 2.51. The lowest BCUT2D eigenvalue weighted by Gasteiger charge is -2.46. The van der Waals surface area contributed by atoms with Crippen LogP contribution >= 0.6 is 0 Å². The van der Waals surface area contributed by atoms with Crippen LogP contribution in [0.5, 0.6) is 0 Å². The normalized spacial score (nSPS) is 25.1. The fraction of sp³-hybridized carbons (Fsp3) is 0.850. The van der Waals surface area contributed by atoms with E-state index in [4.69, 9.17) is 0 Å². The summed E-state index contributed by atoms with van der Waals surface area (Å²) < 4.78 is 0. The molecule has 5 heteroatoms. The van der Waals surface area contributed by atoms with E-state index in [0.29, 0.717) is 38.1 Å². The molecule has 0 saturated carbocycles. The molecule has 2 aliphatic heterocycles. The van der Waals surface area contributed by atoms with Gasteiger partial charge in [-0.05, 0) is 30.1 Å². The molecule has 0 aromatic rings. The number of hydrogen-bond donors (Lipinski definition) is 0. The molecule has 1 unspecified atom stereocenters. The van der Waals surface area contributed by atoms with Crippen molar-refractivity contribution in [3.05, 3.63) is 0 Å². The van der Waals surface area contributed by atoms with Crippen molar-refractivity contribution in [3.63, 3.8) is 0 Å². The molecule has 2 saturated heterocycles. The zero-order valence-electron chi connectivity index (χ0n) is 16.7. The van der Waals surface area contributed by atoms with E-state index in [0.717, 1.165) is 13.1 Å². The van der Waals surface area contributed by atoms with Crippen LogP contribution in [-0.2, 0) is 14.4 Å². The van der Waals surface area contributed by atoms with Gasteiger partial charge < -0.3 is 4.90 Å². The number of nitrogens with zero attached hydrogens (tertiary/aromatic N) is 2. The van der Waals surface area contributed by atoms with E-state index in [1.165, 1.54) is 4.90 Å². The molecule has 5 nitrogen and oxygen atoms in total. The molecule has 142 valence electrons. The predicted molar refractivity (Wildman–Crippen MR) is 97.7 cm³/mol. The minimum atomic E-state index is -0.543. The molecule has 3 amide bonds. The maximum Gasteiger partial charge on any atom is 0.236 e. The third kappa shape index (κ3) is 3.75. The molecular weight excluding hydrogens is 316 g/mol. The Morgan fingerprint density at radius 3 is 2.28 bits per heavy atom. The molecular formula is C20H34N2O3. The van der Waals surface area contributed by atoms with Gasteiger partial charge in [-0.3, -0.25) is 19.3 Å². The second kappa shape index (κ2) is 7.08. The van der Waals surface area contributed by atoms with Crippen LogP contribution < -0.4 is 0 Å². The van der Waals surface area contributed by atoms with E-state index >= 15 is 0 Å². The van der Waals surface area contributed by atoms with Gasteiger partial charge in [0, 0.05) is 32.5 Å². The van der Waals surface area contributed by atoms with E-state index < -0.39 is 5.41 Å². The quantitative estimate of drug-likeness (QED) is 0.692. The van der Waals surface area contributed by atoms with Crippen molar-refractivity contribution in [2.24, 2.45) is 22.7 Å². The van der Waals surface area contributed by atoms with Crippen LogP contribution in [0.1, 0.15) is 67.2 Å². The van der Waals surface area contributed by atoms with Gasteiger partial charge in [0.05, 0.1) is 5.41 Å². The summed E-state index contributed by atoms with van der Waals surface area (Å²) in [6, 6.07) is 0. The van der Waals surface area contributed by atoms with Gasteiger partial charge in [-0.2, -0.15) is 0 Å². The minimum absolute atomic E-state index is 0.0424. The molecule has 0 aromatic heterocycles. The van der Waals surface area contributed by atoms with Crippen molar-refractivity contribution in [2.75, 3.05) is 19.6 Å². The molecule has 0 N–H and O–H groups in total. The summed E-state index contributed by atoms with van der Waals surface area (Å²) in [7, 11) is 0. The molecule has 0 bridgehead atoms. The topological polar surface area (TPSA) is 57.7 Å². The highest BCUT2D eigenvalue weighted by atomic mass is 16.2. The number of likely N-dealkylation sites (tertiary alicyclic amines) is 2. The third-order valence-electron chi connectivity index (χ3n) is 6.41. The molecule has 2 rings (SSSR count). The first-order chi connectivity index (χ1) is 11.5. The van der Waals surface area contributed by atoms with Crippen LogP contribution in [0.4, 0.5) is 0 Å². The van der Waals surface area contributed by atoms with Gasteiger partial charge in [-0.15, -0.1) is 0 Å². The predicted octanol–water partition coefficient (Wildman–Crippen LogP) is 3.08. The van der Waals surface area contributed by atoms with Crippen molar-refractivity contribution in [1.82, 2.24) is 9.80 Å². The summed E-state index contributed by atoms with van der Waals surface area (Å²) in [6.07, 6.45) is 1.97. The molecule has 0 spiro atoms. The Bertz CT molecular complexity index is 544. The molecule has 0 aliphatic carbocycles. The average molecular weight is 351 g/mol. The Morgan fingerprint density at radius 1 is 1.24 bits per heavy atom. The van der Waals surface area contributed by atoms with Gasteiger partial charge in [0.2, 0.25) is 17.7 Å². The molecule has 2 fully saturated rings. The largest absolute Gasteiger partial charge is 0.342 e. The summed E-state index contributed by atoms with van der Waals surface area (Å²) in [4.78, 5) is 40.6. The highest BCUT2D eigenvalue weighted by molar-refractivity contribution is 6.06. The lowest BCUT2D eigenvalue weighted by Crippen LogP contribution is -2.54. The lowest BCUT2D eigenvalue weighted by atomic mass is 9.73. The fourth-order valence-corrected chi connectivity index (χ4v) is 3.96. The van der Waals surface area contributed by atoms with E-state index in [9.17, 15) is 14.4 Å². The van der Waals surface area contributed by atoms with Crippen LogP contribution in [0.25, 0.3) is 0 Å². The van der Waals surface area contributed by atoms with Crippen molar-refractivity contribution in [3.8, 4) is 0 Å². The summed E-state index contributed by atoms with van der Waals surface area (Å²) in [6.45, 7) is 14.7. The van der Waals surface area contributed by atoms with Crippen LogP contribution in [0.3, 0.4) is 0 Å². The van der Waals surface area contributed by atoms with E-state index in [-0.39, 0.29) is 29.1 Å². The summed E-state index contributed by atoms with van der Waals surface area (Å²) in [5.74, 6) is 0.736. The summed E-state index contributed by atoms with van der Waals surface area (Å²) in [5, 5.41) is 0. The maximum atomic E-state index is 12.8. The first-order valence-corrected chi connectivity index (χ1v) is 9.65. The van der Waals surface area contributed by atoms with Gasteiger partial charge in [-0.1, -0.05) is 41.5 Å². The third-order valence-corrected chi connectivity index (χ3v) is 6.41. The molecule has 0 aromatic carbocycles. The minimum Gasteiger partial charge on any atom is -0.342 e. The molecule has 2 aliphatic rings. The van der Waals surface area contributed by atoms with Crippen LogP contribution in [-0.4, -0.2) is 47.2 Å². The number of rotatable bonds is 6. The van der Waals surface area contributed by atoms with E-state index in [1.54, 1.807) is 0 Å². The molecule has 0 radical (unpaired) electrons.